The number of nitrogens with two attached hydrogens (primary N) is 2. The molecule has 26 heavy (non-hydrogen) atoms. The smallest absolute Gasteiger partial charge is 0.352 e. The molecule has 0 spiro atoms. The number of carbonyl (C=O) groups is 3. The molecule has 3 rings (SSSR count). The predicted octanol–water partition coefficient (Wildman–Crippen LogP) is -0.173. The molecular formula is C14H17N5O4S3. The fourth-order valence-electron chi connectivity index (χ4n) is 2.79. The Morgan fingerprint density at radius 2 is 2.31 bits per heavy atom. The molecule has 0 saturated carbocycles. The number of carboxylic acids is 1. The molecule has 2 amide bonds. The van der Waals surface area contributed by atoms with E-state index in [1.54, 1.807) is 5.38 Å². The molecule has 2 aliphatic heterocycles. The van der Waals surface area contributed by atoms with Crippen molar-refractivity contribution in [2.75, 3.05) is 23.5 Å². The highest BCUT2D eigenvalue weighted by Crippen LogP contribution is 2.41. The first-order chi connectivity index (χ1) is 12.3. The predicted molar refractivity (Wildman–Crippen MR) is 102 cm³/mol. The zero-order chi connectivity index (χ0) is 19.0. The van der Waals surface area contributed by atoms with E-state index in [9.17, 15) is 19.5 Å². The highest BCUT2D eigenvalue weighted by molar-refractivity contribution is 8.00. The number of hydrogen-bond acceptors (Lipinski definition) is 9. The Kier molecular flexibility index (Phi) is 5.46. The van der Waals surface area contributed by atoms with Crippen LogP contribution in [-0.4, -0.2) is 62.0 Å². The Labute approximate surface area is 161 Å². The third-order valence-corrected chi connectivity index (χ3v) is 6.68. The third-order valence-electron chi connectivity index (χ3n) is 4.01. The monoisotopic (exact) mass is 415 g/mol. The van der Waals surface area contributed by atoms with E-state index >= 15 is 0 Å². The van der Waals surface area contributed by atoms with Gasteiger partial charge in [-0.05, 0) is 11.8 Å². The number of aromatic nitrogens is 1. The number of anilines is 1. The number of carbonyl (C=O) groups excluding carboxylic acids is 2. The molecule has 0 aliphatic carbocycles. The zero-order valence-corrected chi connectivity index (χ0v) is 16.1. The summed E-state index contributed by atoms with van der Waals surface area (Å²) < 4.78 is 0. The highest BCUT2D eigenvalue weighted by Gasteiger charge is 2.54. The van der Waals surface area contributed by atoms with Gasteiger partial charge in [0.1, 0.15) is 23.2 Å². The standard InChI is InChI=1S/C14H17N5O4S3/c1-24-2-5-3-25-12-8(11(21)19(12)9(5)13(22)23)18-10(20)7(15)6-4-26-14(16)17-6/h4,7-8,12H,2-3,15H2,1H3,(H2,16,17)(H,18,20)(H,22,23)/t7?,8?,12-/m1/s1. The molecule has 3 atom stereocenters. The molecule has 0 bridgehead atoms. The number of nitrogen functional groups attached to an aromatic ring is 1. The van der Waals surface area contributed by atoms with Crippen LogP contribution in [0.1, 0.15) is 11.7 Å². The lowest BCUT2D eigenvalue weighted by molar-refractivity contribution is -0.150. The average Bonchev–Trinajstić information content (AvgIpc) is 3.04. The van der Waals surface area contributed by atoms with Crippen LogP contribution >= 0.6 is 34.9 Å². The normalized spacial score (nSPS) is 23.3. The van der Waals surface area contributed by atoms with Crippen molar-refractivity contribution in [3.63, 3.8) is 0 Å². The maximum atomic E-state index is 12.5. The molecule has 2 aliphatic rings. The molecule has 9 nitrogen and oxygen atoms in total. The number of nitrogens with zero attached hydrogens (tertiary/aromatic N) is 2. The zero-order valence-electron chi connectivity index (χ0n) is 13.7. The Balaban J connectivity index is 1.72. The summed E-state index contributed by atoms with van der Waals surface area (Å²) in [6.45, 7) is 0. The van der Waals surface area contributed by atoms with Gasteiger partial charge in [0.05, 0.1) is 5.69 Å². The molecule has 6 N–H and O–H groups in total. The number of thiazole rings is 1. The van der Waals surface area contributed by atoms with Gasteiger partial charge in [0, 0.05) is 16.9 Å². The van der Waals surface area contributed by atoms with Crippen molar-refractivity contribution in [1.82, 2.24) is 15.2 Å². The highest BCUT2D eigenvalue weighted by atomic mass is 32.2. The maximum absolute atomic E-state index is 12.5. The number of hydrogen-bond donors (Lipinski definition) is 4. The minimum atomic E-state index is -1.13. The summed E-state index contributed by atoms with van der Waals surface area (Å²) in [6.07, 6.45) is 1.87. The minimum Gasteiger partial charge on any atom is -0.477 e. The van der Waals surface area contributed by atoms with Crippen molar-refractivity contribution >= 4 is 57.8 Å². The van der Waals surface area contributed by atoms with Crippen molar-refractivity contribution in [2.24, 2.45) is 5.73 Å². The molecule has 1 saturated heterocycles. The summed E-state index contributed by atoms with van der Waals surface area (Å²) in [5, 5.41) is 13.5. The summed E-state index contributed by atoms with van der Waals surface area (Å²) in [6, 6.07) is -1.85. The summed E-state index contributed by atoms with van der Waals surface area (Å²) in [4.78, 5) is 41.6. The van der Waals surface area contributed by atoms with Gasteiger partial charge in [-0.1, -0.05) is 0 Å². The van der Waals surface area contributed by atoms with Crippen molar-refractivity contribution in [1.29, 1.82) is 0 Å². The maximum Gasteiger partial charge on any atom is 0.352 e. The summed E-state index contributed by atoms with van der Waals surface area (Å²) in [5.74, 6) is -1.09. The molecule has 1 aromatic heterocycles. The molecule has 0 radical (unpaired) electrons. The Morgan fingerprint density at radius 1 is 1.58 bits per heavy atom. The van der Waals surface area contributed by atoms with Crippen molar-refractivity contribution < 1.29 is 19.5 Å². The number of thioether (sulfide) groups is 2. The fourth-order valence-corrected chi connectivity index (χ4v) is 5.45. The van der Waals surface area contributed by atoms with E-state index in [4.69, 9.17) is 11.5 Å². The molecule has 0 aromatic carbocycles. The van der Waals surface area contributed by atoms with E-state index in [0.717, 1.165) is 0 Å². The van der Waals surface area contributed by atoms with Crippen LogP contribution in [0.2, 0.25) is 0 Å². The molecule has 2 unspecified atom stereocenters. The van der Waals surface area contributed by atoms with Crippen LogP contribution in [0, 0.1) is 0 Å². The van der Waals surface area contributed by atoms with Crippen LogP contribution in [0.15, 0.2) is 16.7 Å². The van der Waals surface area contributed by atoms with E-state index < -0.39 is 35.2 Å². The number of amides is 2. The van der Waals surface area contributed by atoms with Crippen LogP contribution in [0.25, 0.3) is 0 Å². The number of rotatable bonds is 6. The average molecular weight is 416 g/mol. The second-order valence-electron chi connectivity index (χ2n) is 5.67. The Morgan fingerprint density at radius 3 is 2.88 bits per heavy atom. The second-order valence-corrected chi connectivity index (χ2v) is 8.54. The topological polar surface area (TPSA) is 152 Å². The molecule has 12 heteroatoms. The molecule has 1 fully saturated rings. The number of aliphatic carboxylic acids is 1. The summed E-state index contributed by atoms with van der Waals surface area (Å²) in [7, 11) is 0. The first kappa shape index (κ1) is 19.0. The second kappa shape index (κ2) is 7.47. The Bertz CT molecular complexity index is 795. The van der Waals surface area contributed by atoms with Gasteiger partial charge in [-0.2, -0.15) is 11.8 Å². The SMILES string of the molecule is CSCC1=C(C(=O)O)N2C(=O)C(NC(=O)C(N)c3csc(N)n3)[C@H]2SC1. The number of carboxylic acid groups (broad SMARTS) is 1. The summed E-state index contributed by atoms with van der Waals surface area (Å²) in [5.41, 5.74) is 12.5. The molecule has 1 aromatic rings. The lowest BCUT2D eigenvalue weighted by atomic mass is 10.0. The first-order valence-corrected chi connectivity index (χ1v) is 10.8. The number of fused-ring (bicyclic) bond motifs is 1. The first-order valence-electron chi connectivity index (χ1n) is 7.51. The molecule has 3 heterocycles. The van der Waals surface area contributed by atoms with Crippen molar-refractivity contribution in [2.45, 2.75) is 17.5 Å². The molecule has 140 valence electrons. The summed E-state index contributed by atoms with van der Waals surface area (Å²) >= 11 is 4.10. The fraction of sp³-hybridized carbons (Fsp3) is 0.429. The Hall–Kier alpha value is -1.76. The van der Waals surface area contributed by atoms with Crippen LogP contribution < -0.4 is 16.8 Å². The van der Waals surface area contributed by atoms with E-state index in [1.807, 2.05) is 6.26 Å². The van der Waals surface area contributed by atoms with Gasteiger partial charge in [-0.25, -0.2) is 9.78 Å². The van der Waals surface area contributed by atoms with Gasteiger partial charge in [-0.15, -0.1) is 23.1 Å². The van der Waals surface area contributed by atoms with Crippen LogP contribution in [0.5, 0.6) is 0 Å². The van der Waals surface area contributed by atoms with E-state index in [1.165, 1.54) is 39.8 Å². The van der Waals surface area contributed by atoms with Gasteiger partial charge in [0.2, 0.25) is 5.91 Å². The van der Waals surface area contributed by atoms with Crippen molar-refractivity contribution in [3.8, 4) is 0 Å². The van der Waals surface area contributed by atoms with Crippen molar-refractivity contribution in [3.05, 3.63) is 22.3 Å². The van der Waals surface area contributed by atoms with Gasteiger partial charge in [0.25, 0.3) is 5.91 Å². The van der Waals surface area contributed by atoms with E-state index in [0.29, 0.717) is 27.9 Å². The molecular weight excluding hydrogens is 398 g/mol. The quantitative estimate of drug-likeness (QED) is 0.464. The van der Waals surface area contributed by atoms with Gasteiger partial charge >= 0.3 is 5.97 Å². The number of nitrogens with one attached hydrogen (secondary N) is 1. The van der Waals surface area contributed by atoms with E-state index in [-0.39, 0.29) is 5.70 Å². The number of β-lactam (4-membered cyclic amide) rings is 1. The van der Waals surface area contributed by atoms with Crippen LogP contribution in [-0.2, 0) is 14.4 Å². The third kappa shape index (κ3) is 3.29. The van der Waals surface area contributed by atoms with Gasteiger partial charge < -0.3 is 21.9 Å². The lowest BCUT2D eigenvalue weighted by Gasteiger charge is -2.49. The van der Waals surface area contributed by atoms with E-state index in [2.05, 4.69) is 10.3 Å². The minimum absolute atomic E-state index is 0.0233. The van der Waals surface area contributed by atoms with Crippen LogP contribution in [0.3, 0.4) is 0 Å². The van der Waals surface area contributed by atoms with Gasteiger partial charge in [-0.3, -0.25) is 14.5 Å². The lowest BCUT2D eigenvalue weighted by Crippen LogP contribution is -2.71. The van der Waals surface area contributed by atoms with Gasteiger partial charge in [0.15, 0.2) is 5.13 Å². The largest absolute Gasteiger partial charge is 0.477 e. The van der Waals surface area contributed by atoms with Crippen LogP contribution in [0.4, 0.5) is 5.13 Å².